The summed E-state index contributed by atoms with van der Waals surface area (Å²) >= 11 is 0. The number of nitrogens with two attached hydrogens (primary N) is 1. The minimum Gasteiger partial charge on any atom is -0.324 e. The lowest BCUT2D eigenvalue weighted by molar-refractivity contribution is 0.405. The van der Waals surface area contributed by atoms with Crippen molar-refractivity contribution in [2.45, 2.75) is 39.7 Å². The molecule has 78 valence electrons. The third-order valence-electron chi connectivity index (χ3n) is 3.02. The van der Waals surface area contributed by atoms with Crippen molar-refractivity contribution in [1.82, 2.24) is 0 Å². The molecule has 1 atom stereocenters. The summed E-state index contributed by atoms with van der Waals surface area (Å²) in [4.78, 5) is 0. The van der Waals surface area contributed by atoms with Crippen molar-refractivity contribution >= 4 is 0 Å². The van der Waals surface area contributed by atoms with Crippen molar-refractivity contribution in [2.75, 3.05) is 0 Å². The standard InChI is InChI=1S/C13H21N/c1-4-11(5-2)13(14)12-8-6-10(3)7-9-12/h6-9,11,13H,4-5,14H2,1-3H3. The molecule has 0 saturated carbocycles. The molecule has 2 N–H and O–H groups in total. The van der Waals surface area contributed by atoms with Crippen LogP contribution in [-0.4, -0.2) is 0 Å². The second-order valence-electron chi connectivity index (χ2n) is 4.01. The summed E-state index contributed by atoms with van der Waals surface area (Å²) in [7, 11) is 0. The van der Waals surface area contributed by atoms with Gasteiger partial charge in [-0.15, -0.1) is 0 Å². The van der Waals surface area contributed by atoms with Gasteiger partial charge in [0, 0.05) is 6.04 Å². The molecule has 0 amide bonds. The first-order chi connectivity index (χ1) is 6.69. The zero-order valence-corrected chi connectivity index (χ0v) is 9.46. The summed E-state index contributed by atoms with van der Waals surface area (Å²) in [6.45, 7) is 6.52. The van der Waals surface area contributed by atoms with Crippen LogP contribution < -0.4 is 5.73 Å². The smallest absolute Gasteiger partial charge is 0.0323 e. The first-order valence-corrected chi connectivity index (χ1v) is 5.51. The zero-order valence-electron chi connectivity index (χ0n) is 9.46. The zero-order chi connectivity index (χ0) is 10.6. The van der Waals surface area contributed by atoms with Gasteiger partial charge >= 0.3 is 0 Å². The fraction of sp³-hybridized carbons (Fsp3) is 0.538. The average Bonchev–Trinajstić information content (AvgIpc) is 2.20. The molecule has 1 heteroatoms. The maximum Gasteiger partial charge on any atom is 0.0323 e. The van der Waals surface area contributed by atoms with E-state index in [4.69, 9.17) is 5.73 Å². The van der Waals surface area contributed by atoms with E-state index in [1.807, 2.05) is 0 Å². The predicted molar refractivity (Wildman–Crippen MR) is 62.2 cm³/mol. The lowest BCUT2D eigenvalue weighted by atomic mass is 9.89. The van der Waals surface area contributed by atoms with Gasteiger partial charge in [-0.3, -0.25) is 0 Å². The van der Waals surface area contributed by atoms with Gasteiger partial charge in [0.05, 0.1) is 0 Å². The summed E-state index contributed by atoms with van der Waals surface area (Å²) in [5.41, 5.74) is 8.77. The van der Waals surface area contributed by atoms with E-state index in [-0.39, 0.29) is 6.04 Å². The summed E-state index contributed by atoms with van der Waals surface area (Å²) in [6.07, 6.45) is 2.32. The van der Waals surface area contributed by atoms with Crippen LogP contribution >= 0.6 is 0 Å². The monoisotopic (exact) mass is 191 g/mol. The molecule has 0 aliphatic rings. The van der Waals surface area contributed by atoms with Crippen LogP contribution in [0.3, 0.4) is 0 Å². The maximum absolute atomic E-state index is 6.21. The minimum atomic E-state index is 0.200. The van der Waals surface area contributed by atoms with Crippen LogP contribution in [0.25, 0.3) is 0 Å². The minimum absolute atomic E-state index is 0.200. The highest BCUT2D eigenvalue weighted by atomic mass is 14.6. The van der Waals surface area contributed by atoms with Crippen LogP contribution in [-0.2, 0) is 0 Å². The summed E-state index contributed by atoms with van der Waals surface area (Å²) in [5, 5.41) is 0. The second kappa shape index (κ2) is 5.16. The molecule has 0 radical (unpaired) electrons. The number of benzene rings is 1. The van der Waals surface area contributed by atoms with Gasteiger partial charge in [-0.25, -0.2) is 0 Å². The molecule has 0 heterocycles. The molecule has 1 rings (SSSR count). The highest BCUT2D eigenvalue weighted by Gasteiger charge is 2.15. The molecule has 0 aliphatic carbocycles. The van der Waals surface area contributed by atoms with Crippen LogP contribution in [0.15, 0.2) is 24.3 Å². The first kappa shape index (κ1) is 11.3. The molecule has 14 heavy (non-hydrogen) atoms. The van der Waals surface area contributed by atoms with Gasteiger partial charge in [0.15, 0.2) is 0 Å². The number of rotatable bonds is 4. The van der Waals surface area contributed by atoms with E-state index >= 15 is 0 Å². The molecule has 0 bridgehead atoms. The molecule has 1 aromatic carbocycles. The lowest BCUT2D eigenvalue weighted by Crippen LogP contribution is -2.20. The van der Waals surface area contributed by atoms with Crippen LogP contribution in [0.2, 0.25) is 0 Å². The molecule has 1 aromatic rings. The summed E-state index contributed by atoms with van der Waals surface area (Å²) in [5.74, 6) is 0.609. The topological polar surface area (TPSA) is 26.0 Å². The van der Waals surface area contributed by atoms with Crippen LogP contribution in [0, 0.1) is 12.8 Å². The molecule has 0 spiro atoms. The second-order valence-corrected chi connectivity index (χ2v) is 4.01. The molecular weight excluding hydrogens is 170 g/mol. The van der Waals surface area contributed by atoms with Crippen molar-refractivity contribution in [3.8, 4) is 0 Å². The van der Waals surface area contributed by atoms with Gasteiger partial charge in [-0.05, 0) is 18.4 Å². The van der Waals surface area contributed by atoms with Gasteiger partial charge < -0.3 is 5.73 Å². The fourth-order valence-electron chi connectivity index (χ4n) is 1.86. The Kier molecular flexibility index (Phi) is 4.15. The average molecular weight is 191 g/mol. The van der Waals surface area contributed by atoms with Crippen molar-refractivity contribution in [3.05, 3.63) is 35.4 Å². The van der Waals surface area contributed by atoms with Gasteiger partial charge in [0.2, 0.25) is 0 Å². The van der Waals surface area contributed by atoms with E-state index in [1.54, 1.807) is 0 Å². The highest BCUT2D eigenvalue weighted by Crippen LogP contribution is 2.24. The normalized spacial score (nSPS) is 13.2. The van der Waals surface area contributed by atoms with E-state index < -0.39 is 0 Å². The van der Waals surface area contributed by atoms with Gasteiger partial charge in [0.25, 0.3) is 0 Å². The fourth-order valence-corrected chi connectivity index (χ4v) is 1.86. The summed E-state index contributed by atoms with van der Waals surface area (Å²) in [6, 6.07) is 8.77. The quantitative estimate of drug-likeness (QED) is 0.775. The Morgan fingerprint density at radius 3 is 2.00 bits per heavy atom. The van der Waals surface area contributed by atoms with E-state index in [1.165, 1.54) is 11.1 Å². The van der Waals surface area contributed by atoms with E-state index in [0.29, 0.717) is 5.92 Å². The van der Waals surface area contributed by atoms with Gasteiger partial charge in [0.1, 0.15) is 0 Å². The number of hydrogen-bond donors (Lipinski definition) is 1. The Labute approximate surface area is 87.3 Å². The van der Waals surface area contributed by atoms with Gasteiger partial charge in [-0.2, -0.15) is 0 Å². The maximum atomic E-state index is 6.21. The largest absolute Gasteiger partial charge is 0.324 e. The Bertz CT molecular complexity index is 259. The summed E-state index contributed by atoms with van der Waals surface area (Å²) < 4.78 is 0. The van der Waals surface area contributed by atoms with E-state index in [0.717, 1.165) is 12.8 Å². The van der Waals surface area contributed by atoms with Crippen molar-refractivity contribution in [2.24, 2.45) is 11.7 Å². The van der Waals surface area contributed by atoms with Crippen LogP contribution in [0.5, 0.6) is 0 Å². The third kappa shape index (κ3) is 2.58. The number of hydrogen-bond acceptors (Lipinski definition) is 1. The molecule has 0 aromatic heterocycles. The van der Waals surface area contributed by atoms with Crippen molar-refractivity contribution in [1.29, 1.82) is 0 Å². The molecular formula is C13H21N. The Balaban J connectivity index is 2.77. The highest BCUT2D eigenvalue weighted by molar-refractivity contribution is 5.24. The van der Waals surface area contributed by atoms with Crippen LogP contribution in [0.4, 0.5) is 0 Å². The van der Waals surface area contributed by atoms with Crippen LogP contribution in [0.1, 0.15) is 43.9 Å². The van der Waals surface area contributed by atoms with Crippen molar-refractivity contribution in [3.63, 3.8) is 0 Å². The molecule has 0 fully saturated rings. The number of aryl methyl sites for hydroxylation is 1. The predicted octanol–water partition coefficient (Wildman–Crippen LogP) is 3.43. The molecule has 1 unspecified atom stereocenters. The Morgan fingerprint density at radius 1 is 1.07 bits per heavy atom. The first-order valence-electron chi connectivity index (χ1n) is 5.51. The molecule has 0 aliphatic heterocycles. The molecule has 0 saturated heterocycles. The third-order valence-corrected chi connectivity index (χ3v) is 3.02. The molecule has 1 nitrogen and oxygen atoms in total. The van der Waals surface area contributed by atoms with E-state index in [9.17, 15) is 0 Å². The van der Waals surface area contributed by atoms with Crippen molar-refractivity contribution < 1.29 is 0 Å². The van der Waals surface area contributed by atoms with E-state index in [2.05, 4.69) is 45.0 Å². The Hall–Kier alpha value is -0.820. The van der Waals surface area contributed by atoms with Gasteiger partial charge in [-0.1, -0.05) is 56.5 Å². The Morgan fingerprint density at radius 2 is 1.57 bits per heavy atom. The lowest BCUT2D eigenvalue weighted by Gasteiger charge is -2.21. The SMILES string of the molecule is CCC(CC)C(N)c1ccc(C)cc1.